The minimum atomic E-state index is 0.336. The van der Waals surface area contributed by atoms with Crippen molar-refractivity contribution in [3.05, 3.63) is 30.2 Å². The van der Waals surface area contributed by atoms with E-state index in [4.69, 9.17) is 15.0 Å². The van der Waals surface area contributed by atoms with Crippen molar-refractivity contribution in [1.29, 1.82) is 0 Å². The van der Waals surface area contributed by atoms with Crippen LogP contribution in [0.3, 0.4) is 0 Å². The highest BCUT2D eigenvalue weighted by Crippen LogP contribution is 2.22. The number of benzene rings is 1. The minimum Gasteiger partial charge on any atom is -0.494 e. The fraction of sp³-hybridized carbons (Fsp3) is 0.429. The number of rotatable bonds is 6. The third-order valence-electron chi connectivity index (χ3n) is 2.80. The first-order valence-corrected chi connectivity index (χ1v) is 6.48. The molecule has 0 radical (unpaired) electrons. The molecular weight excluding hydrogens is 242 g/mol. The molecule has 1 unspecified atom stereocenters. The molecule has 5 heteroatoms. The van der Waals surface area contributed by atoms with Crippen LogP contribution < -0.4 is 10.5 Å². The molecule has 0 fully saturated rings. The van der Waals surface area contributed by atoms with Crippen molar-refractivity contribution >= 4 is 0 Å². The average Bonchev–Trinajstić information content (AvgIpc) is 2.88. The smallest absolute Gasteiger partial charge is 0.227 e. The second-order valence-electron chi connectivity index (χ2n) is 4.52. The normalized spacial score (nSPS) is 12.4. The fourth-order valence-electron chi connectivity index (χ4n) is 1.73. The second-order valence-corrected chi connectivity index (χ2v) is 4.52. The quantitative estimate of drug-likeness (QED) is 0.863. The van der Waals surface area contributed by atoms with Gasteiger partial charge in [0.1, 0.15) is 5.75 Å². The SMILES string of the molecule is CCOc1cccc(-c2noc(CC(C)CN)n2)c1. The topological polar surface area (TPSA) is 74.2 Å². The molecule has 2 rings (SSSR count). The van der Waals surface area contributed by atoms with Crippen LogP contribution >= 0.6 is 0 Å². The molecule has 1 aromatic heterocycles. The van der Waals surface area contributed by atoms with E-state index in [1.54, 1.807) is 0 Å². The van der Waals surface area contributed by atoms with Gasteiger partial charge in [-0.1, -0.05) is 24.2 Å². The zero-order chi connectivity index (χ0) is 13.7. The van der Waals surface area contributed by atoms with Gasteiger partial charge in [0.15, 0.2) is 0 Å². The molecular formula is C14H19N3O2. The summed E-state index contributed by atoms with van der Waals surface area (Å²) in [6, 6.07) is 7.66. The summed E-state index contributed by atoms with van der Waals surface area (Å²) in [5, 5.41) is 3.99. The zero-order valence-corrected chi connectivity index (χ0v) is 11.3. The van der Waals surface area contributed by atoms with Gasteiger partial charge in [0, 0.05) is 12.0 Å². The van der Waals surface area contributed by atoms with Crippen molar-refractivity contribution < 1.29 is 9.26 Å². The third-order valence-corrected chi connectivity index (χ3v) is 2.80. The highest BCUT2D eigenvalue weighted by molar-refractivity contribution is 5.56. The van der Waals surface area contributed by atoms with E-state index in [1.807, 2.05) is 31.2 Å². The molecule has 0 spiro atoms. The van der Waals surface area contributed by atoms with Gasteiger partial charge in [0.25, 0.3) is 0 Å². The summed E-state index contributed by atoms with van der Waals surface area (Å²) in [5.41, 5.74) is 6.47. The van der Waals surface area contributed by atoms with Gasteiger partial charge >= 0.3 is 0 Å². The number of aromatic nitrogens is 2. The summed E-state index contributed by atoms with van der Waals surface area (Å²) in [6.07, 6.45) is 0.703. The molecule has 0 aliphatic heterocycles. The van der Waals surface area contributed by atoms with E-state index in [9.17, 15) is 0 Å². The Kier molecular flexibility index (Phi) is 4.52. The van der Waals surface area contributed by atoms with Crippen molar-refractivity contribution in [3.63, 3.8) is 0 Å². The van der Waals surface area contributed by atoms with Crippen LogP contribution in [0.25, 0.3) is 11.4 Å². The minimum absolute atomic E-state index is 0.336. The largest absolute Gasteiger partial charge is 0.494 e. The van der Waals surface area contributed by atoms with E-state index in [1.165, 1.54) is 0 Å². The van der Waals surface area contributed by atoms with Crippen molar-refractivity contribution in [3.8, 4) is 17.1 Å². The lowest BCUT2D eigenvalue weighted by atomic mass is 10.1. The summed E-state index contributed by atoms with van der Waals surface area (Å²) in [7, 11) is 0. The summed E-state index contributed by atoms with van der Waals surface area (Å²) in [4.78, 5) is 4.38. The van der Waals surface area contributed by atoms with E-state index in [0.29, 0.717) is 37.2 Å². The first-order chi connectivity index (χ1) is 9.22. The Hall–Kier alpha value is -1.88. The number of hydrogen-bond donors (Lipinski definition) is 1. The Morgan fingerprint density at radius 1 is 1.42 bits per heavy atom. The van der Waals surface area contributed by atoms with Gasteiger partial charge in [0.2, 0.25) is 11.7 Å². The highest BCUT2D eigenvalue weighted by atomic mass is 16.5. The molecule has 2 N–H and O–H groups in total. The molecule has 1 heterocycles. The van der Waals surface area contributed by atoms with Crippen LogP contribution in [0.1, 0.15) is 19.7 Å². The number of hydrogen-bond acceptors (Lipinski definition) is 5. The lowest BCUT2D eigenvalue weighted by Crippen LogP contribution is -2.13. The number of nitrogens with zero attached hydrogens (tertiary/aromatic N) is 2. The first kappa shape index (κ1) is 13.5. The predicted molar refractivity (Wildman–Crippen MR) is 72.8 cm³/mol. The molecule has 0 amide bonds. The Labute approximate surface area is 112 Å². The first-order valence-electron chi connectivity index (χ1n) is 6.48. The van der Waals surface area contributed by atoms with Crippen LogP contribution in [0.2, 0.25) is 0 Å². The van der Waals surface area contributed by atoms with E-state index >= 15 is 0 Å². The molecule has 0 saturated carbocycles. The molecule has 1 atom stereocenters. The van der Waals surface area contributed by atoms with Gasteiger partial charge in [-0.25, -0.2) is 0 Å². The molecule has 5 nitrogen and oxygen atoms in total. The third kappa shape index (κ3) is 3.54. The van der Waals surface area contributed by atoms with E-state index in [-0.39, 0.29) is 0 Å². The van der Waals surface area contributed by atoms with Crippen molar-refractivity contribution in [2.45, 2.75) is 20.3 Å². The van der Waals surface area contributed by atoms with Gasteiger partial charge in [-0.15, -0.1) is 0 Å². The van der Waals surface area contributed by atoms with E-state index in [0.717, 1.165) is 11.3 Å². The molecule has 102 valence electrons. The molecule has 0 bridgehead atoms. The van der Waals surface area contributed by atoms with Crippen LogP contribution in [0, 0.1) is 5.92 Å². The fourth-order valence-corrected chi connectivity index (χ4v) is 1.73. The van der Waals surface area contributed by atoms with E-state index < -0.39 is 0 Å². The summed E-state index contributed by atoms with van der Waals surface area (Å²) in [5.74, 6) is 2.35. The molecule has 0 saturated heterocycles. The molecule has 1 aromatic carbocycles. The molecule has 19 heavy (non-hydrogen) atoms. The molecule has 2 aromatic rings. The van der Waals surface area contributed by atoms with Crippen LogP contribution in [-0.2, 0) is 6.42 Å². The van der Waals surface area contributed by atoms with Crippen molar-refractivity contribution in [2.24, 2.45) is 11.7 Å². The van der Waals surface area contributed by atoms with E-state index in [2.05, 4.69) is 17.1 Å². The van der Waals surface area contributed by atoms with Gasteiger partial charge in [0.05, 0.1) is 6.61 Å². The van der Waals surface area contributed by atoms with Crippen LogP contribution in [0.15, 0.2) is 28.8 Å². The maximum Gasteiger partial charge on any atom is 0.227 e. The Morgan fingerprint density at radius 3 is 3.00 bits per heavy atom. The maximum absolute atomic E-state index is 5.58. The zero-order valence-electron chi connectivity index (χ0n) is 11.3. The maximum atomic E-state index is 5.58. The number of nitrogens with two attached hydrogens (primary N) is 1. The van der Waals surface area contributed by atoms with Crippen molar-refractivity contribution in [1.82, 2.24) is 10.1 Å². The standard InChI is InChI=1S/C14H19N3O2/c1-3-18-12-6-4-5-11(8-12)14-16-13(19-17-14)7-10(2)9-15/h4-6,8,10H,3,7,9,15H2,1-2H3. The van der Waals surface area contributed by atoms with Gasteiger partial charge < -0.3 is 15.0 Å². The second kappa shape index (κ2) is 6.33. The van der Waals surface area contributed by atoms with Gasteiger partial charge in [-0.3, -0.25) is 0 Å². The summed E-state index contributed by atoms with van der Waals surface area (Å²) < 4.78 is 10.7. The number of ether oxygens (including phenoxy) is 1. The molecule has 0 aliphatic carbocycles. The lowest BCUT2D eigenvalue weighted by molar-refractivity contribution is 0.340. The summed E-state index contributed by atoms with van der Waals surface area (Å²) >= 11 is 0. The Balaban J connectivity index is 2.15. The Bertz CT molecular complexity index is 525. The average molecular weight is 261 g/mol. The molecule has 0 aliphatic rings. The van der Waals surface area contributed by atoms with Gasteiger partial charge in [-0.2, -0.15) is 4.98 Å². The van der Waals surface area contributed by atoms with Crippen molar-refractivity contribution in [2.75, 3.05) is 13.2 Å². The van der Waals surface area contributed by atoms with Gasteiger partial charge in [-0.05, 0) is 31.5 Å². The highest BCUT2D eigenvalue weighted by Gasteiger charge is 2.11. The van der Waals surface area contributed by atoms with Crippen LogP contribution in [0.4, 0.5) is 0 Å². The predicted octanol–water partition coefficient (Wildman–Crippen LogP) is 2.27. The van der Waals surface area contributed by atoms with Crippen LogP contribution in [0.5, 0.6) is 5.75 Å². The monoisotopic (exact) mass is 261 g/mol. The lowest BCUT2D eigenvalue weighted by Gasteiger charge is -2.03. The Morgan fingerprint density at radius 2 is 2.26 bits per heavy atom. The van der Waals surface area contributed by atoms with Crippen LogP contribution in [-0.4, -0.2) is 23.3 Å². The summed E-state index contributed by atoms with van der Waals surface area (Å²) in [6.45, 7) is 5.25.